The maximum Gasteiger partial charge on any atom is 0.407 e. The van der Waals surface area contributed by atoms with E-state index in [-0.39, 0.29) is 12.2 Å². The number of carbonyl (C=O) groups is 1. The van der Waals surface area contributed by atoms with Crippen LogP contribution in [0.4, 0.5) is 4.79 Å². The SMILES string of the molecule is CCC.CCCCC.COCCNC(=O)OC1CCCCC1.N#C[C@@H]1CCN(C2CCCCC2)C1. The van der Waals surface area contributed by atoms with Crippen LogP contribution in [0.1, 0.15) is 124 Å². The molecule has 206 valence electrons. The standard InChI is InChI=1S/C11H18N2.C10H19NO3.C5H12.C3H8/c12-8-10-6-7-13(9-10)11-4-2-1-3-5-11;1-13-8-7-11-10(12)14-9-5-3-2-4-6-9;1-3-5-4-2;1-3-2/h10-11H,1-7,9H2;9H,2-8H2,1H3,(H,11,12);3-5H2,1-2H3;3H2,1-2H3/t10-;;;/m0.../s1. The van der Waals surface area contributed by atoms with Gasteiger partial charge in [-0.2, -0.15) is 5.26 Å². The molecule has 6 heteroatoms. The lowest BCUT2D eigenvalue weighted by molar-refractivity contribution is 0.0733. The van der Waals surface area contributed by atoms with E-state index in [1.165, 1.54) is 83.6 Å². The highest BCUT2D eigenvalue weighted by Gasteiger charge is 2.28. The molecule has 0 spiro atoms. The van der Waals surface area contributed by atoms with Gasteiger partial charge in [-0.15, -0.1) is 0 Å². The second-order valence-corrected chi connectivity index (χ2v) is 10.0. The molecule has 0 aromatic rings. The smallest absolute Gasteiger partial charge is 0.407 e. The summed E-state index contributed by atoms with van der Waals surface area (Å²) in [7, 11) is 1.61. The van der Waals surface area contributed by atoms with Crippen LogP contribution in [0.5, 0.6) is 0 Å². The van der Waals surface area contributed by atoms with Crippen molar-refractivity contribution in [3.05, 3.63) is 0 Å². The van der Waals surface area contributed by atoms with Gasteiger partial charge in [0.15, 0.2) is 0 Å². The van der Waals surface area contributed by atoms with E-state index in [9.17, 15) is 4.79 Å². The van der Waals surface area contributed by atoms with Crippen LogP contribution < -0.4 is 5.32 Å². The van der Waals surface area contributed by atoms with Crippen molar-refractivity contribution in [2.75, 3.05) is 33.4 Å². The number of unbranched alkanes of at least 4 members (excludes halogenated alkanes) is 2. The third-order valence-electron chi connectivity index (χ3n) is 6.60. The van der Waals surface area contributed by atoms with Crippen molar-refractivity contribution in [1.29, 1.82) is 5.26 Å². The summed E-state index contributed by atoms with van der Waals surface area (Å²) in [5.74, 6) is 0.321. The molecule has 0 radical (unpaired) electrons. The van der Waals surface area contributed by atoms with Gasteiger partial charge >= 0.3 is 6.09 Å². The minimum atomic E-state index is -0.311. The largest absolute Gasteiger partial charge is 0.446 e. The van der Waals surface area contributed by atoms with Gasteiger partial charge in [-0.25, -0.2) is 4.79 Å². The van der Waals surface area contributed by atoms with Gasteiger partial charge in [0.25, 0.3) is 0 Å². The number of ether oxygens (including phenoxy) is 2. The van der Waals surface area contributed by atoms with Gasteiger partial charge in [-0.05, 0) is 51.5 Å². The number of methoxy groups -OCH3 is 1. The molecule has 1 aliphatic heterocycles. The molecule has 1 N–H and O–H groups in total. The number of hydrogen-bond acceptors (Lipinski definition) is 5. The molecule has 1 atom stereocenters. The third kappa shape index (κ3) is 18.6. The Kier molecular flexibility index (Phi) is 23.5. The van der Waals surface area contributed by atoms with Gasteiger partial charge in [0.1, 0.15) is 6.10 Å². The Labute approximate surface area is 217 Å². The first-order chi connectivity index (χ1) is 17.1. The van der Waals surface area contributed by atoms with Crippen LogP contribution in [-0.2, 0) is 9.47 Å². The molecule has 0 bridgehead atoms. The van der Waals surface area contributed by atoms with Crippen molar-refractivity contribution < 1.29 is 14.3 Å². The Morgan fingerprint density at radius 1 is 0.943 bits per heavy atom. The molecule has 3 fully saturated rings. The topological polar surface area (TPSA) is 74.6 Å². The number of rotatable bonds is 7. The van der Waals surface area contributed by atoms with E-state index < -0.39 is 0 Å². The van der Waals surface area contributed by atoms with Crippen molar-refractivity contribution >= 4 is 6.09 Å². The first-order valence-corrected chi connectivity index (χ1v) is 14.6. The summed E-state index contributed by atoms with van der Waals surface area (Å²) in [5.41, 5.74) is 0. The number of carbonyl (C=O) groups excluding carboxylic acids is 1. The van der Waals surface area contributed by atoms with E-state index in [2.05, 4.69) is 44.0 Å². The molecule has 0 aromatic carbocycles. The molecule has 2 aliphatic carbocycles. The second-order valence-electron chi connectivity index (χ2n) is 10.0. The molecule has 1 heterocycles. The fraction of sp³-hybridized carbons (Fsp3) is 0.931. The van der Waals surface area contributed by atoms with Crippen molar-refractivity contribution in [3.8, 4) is 6.07 Å². The summed E-state index contributed by atoms with van der Waals surface area (Å²) >= 11 is 0. The molecule has 6 nitrogen and oxygen atoms in total. The number of likely N-dealkylation sites (tertiary alicyclic amines) is 1. The van der Waals surface area contributed by atoms with Gasteiger partial charge in [0, 0.05) is 26.2 Å². The number of nitrogens with zero attached hydrogens (tertiary/aromatic N) is 2. The van der Waals surface area contributed by atoms with E-state index in [4.69, 9.17) is 14.7 Å². The van der Waals surface area contributed by atoms with Crippen molar-refractivity contribution in [2.24, 2.45) is 5.92 Å². The lowest BCUT2D eigenvalue weighted by atomic mass is 9.94. The third-order valence-corrected chi connectivity index (χ3v) is 6.60. The summed E-state index contributed by atoms with van der Waals surface area (Å²) in [5, 5.41) is 11.5. The maximum absolute atomic E-state index is 11.2. The van der Waals surface area contributed by atoms with Gasteiger partial charge in [-0.1, -0.05) is 79.1 Å². The Morgan fingerprint density at radius 3 is 1.97 bits per heavy atom. The first-order valence-electron chi connectivity index (χ1n) is 14.6. The zero-order valence-corrected chi connectivity index (χ0v) is 23.8. The van der Waals surface area contributed by atoms with Gasteiger partial charge < -0.3 is 14.8 Å². The quantitative estimate of drug-likeness (QED) is 0.371. The molecule has 2 saturated carbocycles. The van der Waals surface area contributed by atoms with E-state index in [0.717, 1.165) is 31.8 Å². The number of hydrogen-bond donors (Lipinski definition) is 1. The summed E-state index contributed by atoms with van der Waals surface area (Å²) in [4.78, 5) is 13.7. The monoisotopic (exact) mass is 495 g/mol. The fourth-order valence-corrected chi connectivity index (χ4v) is 4.66. The van der Waals surface area contributed by atoms with Crippen LogP contribution in [0.25, 0.3) is 0 Å². The Balaban J connectivity index is 0.000000510. The number of amides is 1. The molecule has 3 aliphatic rings. The minimum Gasteiger partial charge on any atom is -0.446 e. The highest BCUT2D eigenvalue weighted by molar-refractivity contribution is 5.67. The van der Waals surface area contributed by atoms with Crippen molar-refractivity contribution in [3.63, 3.8) is 0 Å². The Hall–Kier alpha value is -1.32. The number of alkyl carbamates (subject to hydrolysis) is 1. The van der Waals surface area contributed by atoms with Gasteiger partial charge in [0.05, 0.1) is 18.6 Å². The molecule has 0 unspecified atom stereocenters. The molecule has 3 rings (SSSR count). The Morgan fingerprint density at radius 2 is 1.51 bits per heavy atom. The van der Waals surface area contributed by atoms with Crippen molar-refractivity contribution in [2.45, 2.75) is 136 Å². The van der Waals surface area contributed by atoms with Crippen LogP contribution in [0.3, 0.4) is 0 Å². The highest BCUT2D eigenvalue weighted by atomic mass is 16.6. The van der Waals surface area contributed by atoms with Crippen LogP contribution in [-0.4, -0.2) is 56.5 Å². The molecule has 0 aromatic heterocycles. The first kappa shape index (κ1) is 33.7. The summed E-state index contributed by atoms with van der Waals surface area (Å²) in [6.07, 6.45) is 18.9. The molecule has 1 saturated heterocycles. The average Bonchev–Trinajstić information content (AvgIpc) is 3.37. The van der Waals surface area contributed by atoms with Crippen LogP contribution in [0.15, 0.2) is 0 Å². The van der Waals surface area contributed by atoms with Crippen LogP contribution in [0, 0.1) is 17.2 Å². The molecular formula is C29H57N3O3. The zero-order valence-electron chi connectivity index (χ0n) is 23.8. The molecule has 1 amide bonds. The van der Waals surface area contributed by atoms with Crippen molar-refractivity contribution in [1.82, 2.24) is 10.2 Å². The lowest BCUT2D eigenvalue weighted by Gasteiger charge is -2.30. The van der Waals surface area contributed by atoms with E-state index in [0.29, 0.717) is 19.1 Å². The fourth-order valence-electron chi connectivity index (χ4n) is 4.66. The summed E-state index contributed by atoms with van der Waals surface area (Å²) in [6, 6.07) is 3.20. The Bertz CT molecular complexity index is 510. The molecule has 35 heavy (non-hydrogen) atoms. The normalized spacial score (nSPS) is 20.6. The lowest BCUT2D eigenvalue weighted by Crippen LogP contribution is -2.34. The zero-order chi connectivity index (χ0) is 26.2. The second kappa shape index (κ2) is 24.4. The predicted octanol–water partition coefficient (Wildman–Crippen LogP) is 7.47. The van der Waals surface area contributed by atoms with E-state index in [1.54, 1.807) is 7.11 Å². The summed E-state index contributed by atoms with van der Waals surface area (Å²) < 4.78 is 10.0. The number of nitrogens with one attached hydrogen (secondary N) is 1. The summed E-state index contributed by atoms with van der Waals surface area (Å²) in [6.45, 7) is 11.9. The van der Waals surface area contributed by atoms with Crippen LogP contribution in [0.2, 0.25) is 0 Å². The number of nitriles is 1. The minimum absolute atomic E-state index is 0.131. The highest BCUT2D eigenvalue weighted by Crippen LogP contribution is 2.27. The maximum atomic E-state index is 11.2. The van der Waals surface area contributed by atoms with Crippen LogP contribution >= 0.6 is 0 Å². The van der Waals surface area contributed by atoms with E-state index in [1.807, 2.05) is 0 Å². The van der Waals surface area contributed by atoms with Gasteiger partial charge in [0.2, 0.25) is 0 Å². The van der Waals surface area contributed by atoms with E-state index >= 15 is 0 Å². The predicted molar refractivity (Wildman–Crippen MR) is 147 cm³/mol. The van der Waals surface area contributed by atoms with Gasteiger partial charge in [-0.3, -0.25) is 4.90 Å². The average molecular weight is 496 g/mol. The molecular weight excluding hydrogens is 438 g/mol.